The van der Waals surface area contributed by atoms with Crippen molar-refractivity contribution in [3.05, 3.63) is 0 Å². The van der Waals surface area contributed by atoms with Gasteiger partial charge < -0.3 is 31.3 Å². The Morgan fingerprint density at radius 2 is 1.57 bits per heavy atom. The van der Waals surface area contributed by atoms with Crippen molar-refractivity contribution in [2.45, 2.75) is 38.2 Å². The van der Waals surface area contributed by atoms with E-state index in [4.69, 9.17) is 0 Å². The van der Waals surface area contributed by atoms with Gasteiger partial charge in [-0.1, -0.05) is 19.3 Å². The molecule has 0 aromatic heterocycles. The van der Waals surface area contributed by atoms with Gasteiger partial charge in [0.05, 0.1) is 13.9 Å². The van der Waals surface area contributed by atoms with E-state index in [9.17, 15) is 14.4 Å². The number of hydrogen-bond acceptors (Lipinski definition) is 4. The zero-order chi connectivity index (χ0) is 8.32. The predicted molar refractivity (Wildman–Crippen MR) is 41.3 cm³/mol. The Labute approximate surface area is 142 Å². The summed E-state index contributed by atoms with van der Waals surface area (Å²) in [6.45, 7) is 0. The molecule has 0 radical (unpaired) electrons. The molecule has 14 heavy (non-hydrogen) atoms. The van der Waals surface area contributed by atoms with Crippen molar-refractivity contribution in [1.82, 2.24) is 0 Å². The quantitative estimate of drug-likeness (QED) is 0.372. The minimum absolute atomic E-state index is 0. The van der Waals surface area contributed by atoms with Crippen LogP contribution in [-0.2, 0) is 9.09 Å². The van der Waals surface area contributed by atoms with Gasteiger partial charge in [0.25, 0.3) is 0 Å². The Kier molecular flexibility index (Phi) is 16.9. The maximum atomic E-state index is 10.1. The second-order valence-corrected chi connectivity index (χ2v) is 3.92. The van der Waals surface area contributed by atoms with Gasteiger partial charge in [-0.15, -0.1) is 0 Å². The van der Waals surface area contributed by atoms with E-state index in [1.54, 1.807) is 0 Å². The second kappa shape index (κ2) is 10.8. The predicted octanol–water partition coefficient (Wildman–Crippen LogP) is -6.21. The molecule has 0 aliphatic heterocycles. The molecule has 4 nitrogen and oxygen atoms in total. The average Bonchev–Trinajstić information content (AvgIpc) is 1.85. The summed E-state index contributed by atoms with van der Waals surface area (Å²) in [5.74, 6) is 0. The van der Waals surface area contributed by atoms with Gasteiger partial charge in [-0.2, -0.15) is 0 Å². The van der Waals surface area contributed by atoms with E-state index < -0.39 is 7.82 Å². The first-order valence-electron chi connectivity index (χ1n) is 3.78. The molecule has 0 N–H and O–H groups in total. The minimum Gasteiger partial charge on any atom is -1.00 e. The van der Waals surface area contributed by atoms with Crippen LogP contribution in [0.1, 0.15) is 32.1 Å². The van der Waals surface area contributed by atoms with Gasteiger partial charge in [0, 0.05) is 0 Å². The van der Waals surface area contributed by atoms with Gasteiger partial charge in [-0.05, 0) is 12.8 Å². The topological polar surface area (TPSA) is 72.4 Å². The van der Waals surface area contributed by atoms with Crippen molar-refractivity contribution >= 4 is 45.6 Å². The van der Waals surface area contributed by atoms with Crippen molar-refractivity contribution in [2.24, 2.45) is 0 Å². The molecule has 1 saturated carbocycles. The summed E-state index contributed by atoms with van der Waals surface area (Å²) in [5, 5.41) is 0. The molecule has 0 bridgehead atoms. The molecule has 0 spiro atoms. The van der Waals surface area contributed by atoms with Crippen LogP contribution in [0, 0.1) is 0 Å². The zero-order valence-electron chi connectivity index (χ0n) is 8.28. The third-order valence-corrected chi connectivity index (χ3v) is 2.39. The van der Waals surface area contributed by atoms with Crippen LogP contribution in [0.5, 0.6) is 0 Å². The fraction of sp³-hybridized carbons (Fsp3) is 1.00. The van der Waals surface area contributed by atoms with Gasteiger partial charge in [0.2, 0.25) is 0 Å². The molecule has 1 aliphatic rings. The molecular formula is C6H11CaClNaO4P. The SMILES string of the molecule is O=P([O-])([O-])OC1CCCCC1.[Ca+2].[Cl-].[Na+]. The van der Waals surface area contributed by atoms with E-state index in [2.05, 4.69) is 4.52 Å². The first-order valence-corrected chi connectivity index (χ1v) is 5.24. The van der Waals surface area contributed by atoms with Crippen molar-refractivity contribution in [3.63, 3.8) is 0 Å². The summed E-state index contributed by atoms with van der Waals surface area (Å²) in [7, 11) is -4.73. The molecule has 0 aromatic carbocycles. The zero-order valence-corrected chi connectivity index (χ0v) is 14.1. The van der Waals surface area contributed by atoms with Gasteiger partial charge >= 0.3 is 67.3 Å². The number of halogens is 1. The van der Waals surface area contributed by atoms with Crippen LogP contribution >= 0.6 is 7.82 Å². The molecule has 1 rings (SSSR count). The number of rotatable bonds is 2. The molecule has 0 aromatic rings. The minimum atomic E-state index is -4.73. The van der Waals surface area contributed by atoms with Gasteiger partial charge in [0.15, 0.2) is 0 Å². The summed E-state index contributed by atoms with van der Waals surface area (Å²) in [5.41, 5.74) is 0. The maximum absolute atomic E-state index is 10.1. The fourth-order valence-corrected chi connectivity index (χ4v) is 1.93. The van der Waals surface area contributed by atoms with Crippen LogP contribution in [-0.4, -0.2) is 43.8 Å². The molecule has 0 heterocycles. The molecule has 1 fully saturated rings. The van der Waals surface area contributed by atoms with E-state index in [1.165, 1.54) is 0 Å². The van der Waals surface area contributed by atoms with Crippen molar-refractivity contribution in [1.29, 1.82) is 0 Å². The molecule has 1 aliphatic carbocycles. The normalized spacial score (nSPS) is 17.3. The van der Waals surface area contributed by atoms with E-state index in [0.29, 0.717) is 12.8 Å². The number of phosphoric acid groups is 1. The first-order chi connectivity index (χ1) is 5.08. The maximum Gasteiger partial charge on any atom is 2.00 e. The standard InChI is InChI=1S/C6H13O4P.Ca.ClH.Na/c7-11(8,9)10-6-4-2-1-3-5-6;;;/h6H,1-5H2,(H2,7,8,9);;1H;/q;+2;;+1/p-3. The van der Waals surface area contributed by atoms with Gasteiger partial charge in [-0.25, -0.2) is 0 Å². The molecule has 8 heteroatoms. The largest absolute Gasteiger partial charge is 2.00 e. The van der Waals surface area contributed by atoms with Crippen LogP contribution < -0.4 is 51.8 Å². The van der Waals surface area contributed by atoms with Gasteiger partial charge in [0.1, 0.15) is 0 Å². The summed E-state index contributed by atoms with van der Waals surface area (Å²) in [4.78, 5) is 20.3. The smallest absolute Gasteiger partial charge is 1.00 e. The summed E-state index contributed by atoms with van der Waals surface area (Å²) in [6.07, 6.45) is 4.10. The summed E-state index contributed by atoms with van der Waals surface area (Å²) >= 11 is 0. The fourth-order valence-electron chi connectivity index (χ4n) is 1.35. The Morgan fingerprint density at radius 3 is 1.93 bits per heavy atom. The summed E-state index contributed by atoms with van der Waals surface area (Å²) in [6, 6.07) is 0. The molecule has 74 valence electrons. The van der Waals surface area contributed by atoms with E-state index >= 15 is 0 Å². The molecule has 0 saturated heterocycles. The Bertz CT molecular complexity index is 173. The Morgan fingerprint density at radius 1 is 1.14 bits per heavy atom. The molecule has 0 atom stereocenters. The third kappa shape index (κ3) is 11.2. The second-order valence-electron chi connectivity index (χ2n) is 2.81. The van der Waals surface area contributed by atoms with Crippen molar-refractivity contribution in [3.8, 4) is 0 Å². The third-order valence-electron chi connectivity index (χ3n) is 1.83. The van der Waals surface area contributed by atoms with Crippen LogP contribution in [0.3, 0.4) is 0 Å². The van der Waals surface area contributed by atoms with Crippen LogP contribution in [0.2, 0.25) is 0 Å². The van der Waals surface area contributed by atoms with Crippen LogP contribution in [0.25, 0.3) is 0 Å². The van der Waals surface area contributed by atoms with Crippen molar-refractivity contribution < 1.29 is 60.8 Å². The summed E-state index contributed by atoms with van der Waals surface area (Å²) < 4.78 is 14.5. The monoisotopic (exact) mass is 276 g/mol. The van der Waals surface area contributed by atoms with Crippen LogP contribution in [0.15, 0.2) is 0 Å². The van der Waals surface area contributed by atoms with E-state index in [1.807, 2.05) is 0 Å². The average molecular weight is 277 g/mol. The number of phosphoric ester groups is 1. The molecule has 0 unspecified atom stereocenters. The van der Waals surface area contributed by atoms with Gasteiger partial charge in [-0.3, -0.25) is 0 Å². The van der Waals surface area contributed by atoms with E-state index in [-0.39, 0.29) is 85.8 Å². The molecule has 0 amide bonds. The van der Waals surface area contributed by atoms with E-state index in [0.717, 1.165) is 19.3 Å². The number of hydrogen-bond donors (Lipinski definition) is 0. The first kappa shape index (κ1) is 21.9. The Balaban J connectivity index is -0.000000403. The van der Waals surface area contributed by atoms with Crippen LogP contribution in [0.4, 0.5) is 0 Å². The van der Waals surface area contributed by atoms with Crippen molar-refractivity contribution in [2.75, 3.05) is 0 Å². The Hall–Kier alpha value is 2.66. The molecular weight excluding hydrogens is 266 g/mol.